The van der Waals surface area contributed by atoms with E-state index in [-0.39, 0.29) is 34.6 Å². The summed E-state index contributed by atoms with van der Waals surface area (Å²) in [5, 5.41) is 3.76. The van der Waals surface area contributed by atoms with Crippen molar-refractivity contribution in [2.24, 2.45) is 4.36 Å². The lowest BCUT2D eigenvalue weighted by Gasteiger charge is -2.12. The van der Waals surface area contributed by atoms with E-state index in [2.05, 4.69) is 14.7 Å². The highest BCUT2D eigenvalue weighted by atomic mass is 32.2. The third kappa shape index (κ3) is 8.63. The van der Waals surface area contributed by atoms with E-state index in [4.69, 9.17) is 9.47 Å². The average molecular weight is 470 g/mol. The smallest absolute Gasteiger partial charge is 0.253 e. The maximum Gasteiger partial charge on any atom is 0.253 e. The molecule has 3 unspecified atom stereocenters. The third-order valence-corrected chi connectivity index (χ3v) is 5.70. The van der Waals surface area contributed by atoms with E-state index in [0.717, 1.165) is 29.6 Å². The monoisotopic (exact) mass is 469 g/mol. The van der Waals surface area contributed by atoms with Gasteiger partial charge in [-0.2, -0.15) is 4.39 Å². The van der Waals surface area contributed by atoms with E-state index in [1.165, 1.54) is 12.1 Å². The predicted molar refractivity (Wildman–Crippen MR) is 125 cm³/mol. The van der Waals surface area contributed by atoms with Gasteiger partial charge in [0.05, 0.1) is 12.7 Å². The van der Waals surface area contributed by atoms with Crippen LogP contribution in [0.5, 0.6) is 5.75 Å². The highest BCUT2D eigenvalue weighted by molar-refractivity contribution is 7.86. The molecule has 0 saturated carbocycles. The lowest BCUT2D eigenvalue weighted by Crippen LogP contribution is -2.27. The van der Waals surface area contributed by atoms with Crippen molar-refractivity contribution in [2.45, 2.75) is 57.8 Å². The summed E-state index contributed by atoms with van der Waals surface area (Å²) >= 11 is 0. The zero-order valence-electron chi connectivity index (χ0n) is 19.5. The number of pyridine rings is 1. The minimum absolute atomic E-state index is 0.0347. The fraction of sp³-hybridized carbons (Fsp3) is 0.478. The Balaban J connectivity index is 0.000000335. The minimum Gasteiger partial charge on any atom is -0.491 e. The number of carbonyl (C=O) groups is 1. The zero-order valence-corrected chi connectivity index (χ0v) is 20.3. The molecular formula is C23H33F2N3O3S. The predicted octanol–water partition coefficient (Wildman–Crippen LogP) is 5.40. The number of aromatic nitrogens is 1. The molecule has 3 atom stereocenters. The number of carbonyl (C=O) groups excluding carboxylic acids is 1. The van der Waals surface area contributed by atoms with Crippen LogP contribution in [0.1, 0.15) is 40.5 Å². The van der Waals surface area contributed by atoms with Gasteiger partial charge in [-0.05, 0) is 57.2 Å². The first-order valence-corrected chi connectivity index (χ1v) is 12.2. The molecule has 0 spiro atoms. The van der Waals surface area contributed by atoms with E-state index in [1.54, 1.807) is 26.2 Å². The molecule has 6 nitrogen and oxygen atoms in total. The molecule has 1 aromatic heterocycles. The Kier molecular flexibility index (Phi) is 12.6. The Bertz CT molecular complexity index is 897. The van der Waals surface area contributed by atoms with Gasteiger partial charge in [0.15, 0.2) is 11.6 Å². The molecular weight excluding hydrogens is 436 g/mol. The Morgan fingerprint density at radius 2 is 2.03 bits per heavy atom. The Morgan fingerprint density at radius 1 is 1.31 bits per heavy atom. The molecule has 1 aliphatic heterocycles. The van der Waals surface area contributed by atoms with Gasteiger partial charge in [0.25, 0.3) is 5.91 Å². The second-order valence-electron chi connectivity index (χ2n) is 6.53. The van der Waals surface area contributed by atoms with Crippen molar-refractivity contribution < 1.29 is 23.0 Å². The number of halogens is 2. The first-order chi connectivity index (χ1) is 15.3. The van der Waals surface area contributed by atoms with Crippen LogP contribution in [-0.4, -0.2) is 43.0 Å². The van der Waals surface area contributed by atoms with Crippen molar-refractivity contribution in [1.29, 1.82) is 0 Å². The molecule has 2 aromatic rings. The molecule has 1 fully saturated rings. The summed E-state index contributed by atoms with van der Waals surface area (Å²) < 4.78 is 39.7. The average Bonchev–Trinajstić information content (AvgIpc) is 3.25. The van der Waals surface area contributed by atoms with Crippen molar-refractivity contribution in [3.8, 4) is 5.75 Å². The molecule has 2 heterocycles. The minimum atomic E-state index is -0.922. The largest absolute Gasteiger partial charge is 0.491 e. The Labute approximate surface area is 191 Å². The molecule has 178 valence electrons. The molecule has 1 amide bonds. The van der Waals surface area contributed by atoms with Crippen molar-refractivity contribution in [1.82, 2.24) is 4.98 Å². The van der Waals surface area contributed by atoms with Crippen molar-refractivity contribution in [3.63, 3.8) is 0 Å². The summed E-state index contributed by atoms with van der Waals surface area (Å²) in [4.78, 5) is 16.3. The van der Waals surface area contributed by atoms with E-state index >= 15 is 0 Å². The van der Waals surface area contributed by atoms with Gasteiger partial charge in [-0.15, -0.1) is 0 Å². The lowest BCUT2D eigenvalue weighted by molar-refractivity contribution is -0.126. The van der Waals surface area contributed by atoms with Gasteiger partial charge in [-0.25, -0.2) is 9.37 Å². The summed E-state index contributed by atoms with van der Waals surface area (Å²) in [5.41, 5.74) is 0.751. The second-order valence-corrected chi connectivity index (χ2v) is 8.27. The summed E-state index contributed by atoms with van der Waals surface area (Å²) in [5.74, 6) is -1.91. The Morgan fingerprint density at radius 3 is 2.62 bits per heavy atom. The number of rotatable bonds is 5. The molecule has 1 saturated heterocycles. The summed E-state index contributed by atoms with van der Waals surface area (Å²) in [6.07, 6.45) is 5.25. The molecule has 1 aliphatic rings. The molecule has 1 N–H and O–H groups in total. The maximum absolute atomic E-state index is 12.7. The Hall–Kier alpha value is -2.39. The first-order valence-electron chi connectivity index (χ1n) is 10.6. The second kappa shape index (κ2) is 14.6. The van der Waals surface area contributed by atoms with Crippen molar-refractivity contribution in [2.75, 3.05) is 25.2 Å². The number of hydrogen-bond donors (Lipinski definition) is 1. The van der Waals surface area contributed by atoms with Gasteiger partial charge in [0.2, 0.25) is 5.82 Å². The first kappa shape index (κ1) is 27.6. The SMILES string of the molecule is CC.CCOc1cccc(F)c1F.CN=S(C)c1cc(NC(=O)C2CCC(C)O2)ccn1. The van der Waals surface area contributed by atoms with Gasteiger partial charge in [-0.3, -0.25) is 9.16 Å². The van der Waals surface area contributed by atoms with Crippen LogP contribution in [0.3, 0.4) is 0 Å². The standard InChI is InChI=1S/C13H19N3O2S.C8H8F2O.C2H6/c1-9-4-5-11(18-9)13(17)16-10-6-7-15-12(8-10)19(3)14-2;1-2-11-7-5-3-4-6(9)8(7)10;1-2/h6-9,11H,4-5H2,1-3H3,(H,15,16,17);3-5H,2H2,1H3;1-2H3. The van der Waals surface area contributed by atoms with Gasteiger partial charge in [-0.1, -0.05) is 30.6 Å². The molecule has 1 aromatic carbocycles. The van der Waals surface area contributed by atoms with Crippen LogP contribution in [0.4, 0.5) is 14.5 Å². The number of ether oxygens (including phenoxy) is 2. The van der Waals surface area contributed by atoms with E-state index in [1.807, 2.05) is 33.1 Å². The number of hydrogen-bond acceptors (Lipinski definition) is 5. The maximum atomic E-state index is 12.7. The van der Waals surface area contributed by atoms with E-state index in [9.17, 15) is 13.6 Å². The topological polar surface area (TPSA) is 72.8 Å². The van der Waals surface area contributed by atoms with Gasteiger partial charge in [0.1, 0.15) is 11.1 Å². The highest BCUT2D eigenvalue weighted by Crippen LogP contribution is 2.21. The lowest BCUT2D eigenvalue weighted by atomic mass is 10.2. The fourth-order valence-electron chi connectivity index (χ4n) is 2.71. The summed E-state index contributed by atoms with van der Waals surface area (Å²) in [6, 6.07) is 7.50. The zero-order chi connectivity index (χ0) is 24.1. The molecule has 0 aliphatic carbocycles. The van der Waals surface area contributed by atoms with Gasteiger partial charge in [0, 0.05) is 18.9 Å². The molecule has 9 heteroatoms. The quantitative estimate of drug-likeness (QED) is 0.637. The molecule has 3 rings (SSSR count). The van der Waals surface area contributed by atoms with E-state index in [0.29, 0.717) is 6.61 Å². The van der Waals surface area contributed by atoms with Crippen LogP contribution in [0, 0.1) is 11.6 Å². The van der Waals surface area contributed by atoms with Crippen LogP contribution >= 0.6 is 0 Å². The molecule has 0 bridgehead atoms. The van der Waals surface area contributed by atoms with Crippen LogP contribution < -0.4 is 10.1 Å². The molecule has 0 radical (unpaired) electrons. The van der Waals surface area contributed by atoms with Crippen LogP contribution in [-0.2, 0) is 20.2 Å². The van der Waals surface area contributed by atoms with Crippen molar-refractivity contribution in [3.05, 3.63) is 48.2 Å². The number of nitrogens with zero attached hydrogens (tertiary/aromatic N) is 2. The van der Waals surface area contributed by atoms with Crippen LogP contribution in [0.2, 0.25) is 0 Å². The summed E-state index contributed by atoms with van der Waals surface area (Å²) in [7, 11) is 1.53. The number of nitrogens with one attached hydrogen (secondary N) is 1. The van der Waals surface area contributed by atoms with Crippen LogP contribution in [0.15, 0.2) is 45.9 Å². The van der Waals surface area contributed by atoms with Gasteiger partial charge < -0.3 is 14.8 Å². The number of anilines is 1. The third-order valence-electron chi connectivity index (χ3n) is 4.32. The van der Waals surface area contributed by atoms with Crippen LogP contribution in [0.25, 0.3) is 0 Å². The highest BCUT2D eigenvalue weighted by Gasteiger charge is 2.28. The van der Waals surface area contributed by atoms with E-state index < -0.39 is 11.6 Å². The number of amides is 1. The van der Waals surface area contributed by atoms with Crippen molar-refractivity contribution >= 4 is 22.3 Å². The number of benzene rings is 1. The van der Waals surface area contributed by atoms with Gasteiger partial charge >= 0.3 is 0 Å². The molecule has 32 heavy (non-hydrogen) atoms. The normalized spacial score (nSPS) is 18.0. The fourth-order valence-corrected chi connectivity index (χ4v) is 3.41. The summed E-state index contributed by atoms with van der Waals surface area (Å²) in [6.45, 7) is 8.04.